The zero-order valence-electron chi connectivity index (χ0n) is 8.99. The quantitative estimate of drug-likeness (QED) is 0.548. The first kappa shape index (κ1) is 15.1. The highest BCUT2D eigenvalue weighted by Crippen LogP contribution is 2.50. The minimum absolute atomic E-state index is 0.135. The van der Waals surface area contributed by atoms with E-state index >= 15 is 0 Å². The van der Waals surface area contributed by atoms with E-state index in [9.17, 15) is 26.3 Å². The summed E-state index contributed by atoms with van der Waals surface area (Å²) < 4.78 is 77.6. The zero-order chi connectivity index (χ0) is 13.6. The number of ether oxygens (including phenoxy) is 1. The predicted molar refractivity (Wildman–Crippen MR) is 51.9 cm³/mol. The molecule has 1 saturated carbocycles. The summed E-state index contributed by atoms with van der Waals surface area (Å²) in [5.74, 6) is 0. The first-order valence-electron chi connectivity index (χ1n) is 4.79. The SMILES string of the molecule is CC1(C)C(Br)CC1OC(C(F)(F)F)C(F)(F)F. The molecule has 0 radical (unpaired) electrons. The van der Waals surface area contributed by atoms with Gasteiger partial charge in [-0.1, -0.05) is 29.8 Å². The van der Waals surface area contributed by atoms with Gasteiger partial charge in [-0.15, -0.1) is 0 Å². The van der Waals surface area contributed by atoms with E-state index in [0.717, 1.165) is 0 Å². The van der Waals surface area contributed by atoms with Crippen LogP contribution in [0.25, 0.3) is 0 Å². The van der Waals surface area contributed by atoms with Crippen molar-refractivity contribution in [3.63, 3.8) is 0 Å². The summed E-state index contributed by atoms with van der Waals surface area (Å²) in [4.78, 5) is -0.137. The first-order valence-corrected chi connectivity index (χ1v) is 5.71. The van der Waals surface area contributed by atoms with Gasteiger partial charge in [0, 0.05) is 10.2 Å². The van der Waals surface area contributed by atoms with Crippen LogP contribution in [-0.4, -0.2) is 29.4 Å². The Morgan fingerprint density at radius 1 is 1.12 bits per heavy atom. The van der Waals surface area contributed by atoms with Crippen LogP contribution in [0.4, 0.5) is 26.3 Å². The van der Waals surface area contributed by atoms with Crippen molar-refractivity contribution in [2.75, 3.05) is 0 Å². The van der Waals surface area contributed by atoms with Gasteiger partial charge in [0.05, 0.1) is 6.10 Å². The van der Waals surface area contributed by atoms with Gasteiger partial charge < -0.3 is 4.74 Å². The largest absolute Gasteiger partial charge is 0.423 e. The minimum atomic E-state index is -5.44. The van der Waals surface area contributed by atoms with Gasteiger partial charge >= 0.3 is 12.4 Å². The Hall–Kier alpha value is 0.0200. The van der Waals surface area contributed by atoms with E-state index < -0.39 is 30.0 Å². The predicted octanol–water partition coefficient (Wildman–Crippen LogP) is 4.06. The van der Waals surface area contributed by atoms with E-state index in [1.54, 1.807) is 13.8 Å². The van der Waals surface area contributed by atoms with Crippen molar-refractivity contribution < 1.29 is 31.1 Å². The topological polar surface area (TPSA) is 9.23 Å². The molecular formula is C9H11BrF6O. The van der Waals surface area contributed by atoms with E-state index in [1.165, 1.54) is 0 Å². The molecule has 1 aliphatic rings. The molecule has 0 aromatic heterocycles. The molecule has 2 atom stereocenters. The van der Waals surface area contributed by atoms with Gasteiger partial charge in [0.15, 0.2) is 0 Å². The van der Waals surface area contributed by atoms with E-state index in [-0.39, 0.29) is 11.2 Å². The molecule has 0 aromatic carbocycles. The third-order valence-electron chi connectivity index (χ3n) is 2.95. The Kier molecular flexibility index (Phi) is 3.81. The second-order valence-corrected chi connectivity index (χ2v) is 5.72. The summed E-state index contributed by atoms with van der Waals surface area (Å²) >= 11 is 3.17. The summed E-state index contributed by atoms with van der Waals surface area (Å²) in [5, 5.41) is 0. The van der Waals surface area contributed by atoms with Crippen LogP contribution < -0.4 is 0 Å². The second-order valence-electron chi connectivity index (χ2n) is 4.61. The van der Waals surface area contributed by atoms with E-state index in [0.29, 0.717) is 0 Å². The Labute approximate surface area is 103 Å². The van der Waals surface area contributed by atoms with Crippen molar-refractivity contribution in [2.24, 2.45) is 5.41 Å². The first-order chi connectivity index (χ1) is 7.37. The van der Waals surface area contributed by atoms with Crippen LogP contribution in [-0.2, 0) is 4.74 Å². The lowest BCUT2D eigenvalue weighted by atomic mass is 9.69. The molecule has 1 nitrogen and oxygen atoms in total. The molecule has 0 bridgehead atoms. The summed E-state index contributed by atoms with van der Waals surface area (Å²) in [6.07, 6.45) is -15.5. The Morgan fingerprint density at radius 2 is 1.53 bits per heavy atom. The van der Waals surface area contributed by atoms with E-state index in [1.807, 2.05) is 0 Å². The molecule has 1 aliphatic carbocycles. The van der Waals surface area contributed by atoms with Crippen LogP contribution in [0.15, 0.2) is 0 Å². The maximum Gasteiger partial charge on any atom is 0.423 e. The maximum absolute atomic E-state index is 12.2. The molecule has 0 heterocycles. The average molecular weight is 329 g/mol. The molecule has 0 aliphatic heterocycles. The normalized spacial score (nSPS) is 29.3. The monoisotopic (exact) mass is 328 g/mol. The molecule has 1 rings (SSSR count). The molecule has 0 saturated heterocycles. The van der Waals surface area contributed by atoms with Gasteiger partial charge in [0.2, 0.25) is 6.10 Å². The summed E-state index contributed by atoms with van der Waals surface area (Å²) in [5.41, 5.74) is -0.741. The minimum Gasteiger partial charge on any atom is -0.357 e. The molecule has 0 spiro atoms. The fourth-order valence-corrected chi connectivity index (χ4v) is 2.21. The van der Waals surface area contributed by atoms with Crippen molar-refractivity contribution in [3.8, 4) is 0 Å². The highest BCUT2D eigenvalue weighted by molar-refractivity contribution is 9.09. The van der Waals surface area contributed by atoms with Gasteiger partial charge in [-0.25, -0.2) is 0 Å². The Bertz CT molecular complexity index is 270. The van der Waals surface area contributed by atoms with Crippen LogP contribution in [0, 0.1) is 5.41 Å². The van der Waals surface area contributed by atoms with Crippen molar-refractivity contribution >= 4 is 15.9 Å². The fraction of sp³-hybridized carbons (Fsp3) is 1.00. The Morgan fingerprint density at radius 3 is 1.76 bits per heavy atom. The molecule has 0 aromatic rings. The number of hydrogen-bond donors (Lipinski definition) is 0. The summed E-state index contributed by atoms with van der Waals surface area (Å²) in [7, 11) is 0. The fourth-order valence-electron chi connectivity index (χ4n) is 1.57. The highest BCUT2D eigenvalue weighted by Gasteiger charge is 2.61. The summed E-state index contributed by atoms with van der Waals surface area (Å²) in [6.45, 7) is 3.12. The van der Waals surface area contributed by atoms with Crippen molar-refractivity contribution in [1.29, 1.82) is 0 Å². The second kappa shape index (κ2) is 4.29. The molecule has 2 unspecified atom stereocenters. The van der Waals surface area contributed by atoms with Crippen molar-refractivity contribution in [2.45, 2.75) is 49.7 Å². The number of rotatable bonds is 2. The van der Waals surface area contributed by atoms with Gasteiger partial charge in [0.1, 0.15) is 0 Å². The van der Waals surface area contributed by atoms with Crippen LogP contribution in [0.2, 0.25) is 0 Å². The van der Waals surface area contributed by atoms with Gasteiger partial charge in [-0.3, -0.25) is 0 Å². The number of halogens is 7. The molecule has 17 heavy (non-hydrogen) atoms. The van der Waals surface area contributed by atoms with Gasteiger partial charge in [0.25, 0.3) is 0 Å². The van der Waals surface area contributed by atoms with Crippen LogP contribution in [0.5, 0.6) is 0 Å². The van der Waals surface area contributed by atoms with Gasteiger partial charge in [-0.05, 0) is 6.42 Å². The lowest BCUT2D eigenvalue weighted by Gasteiger charge is -2.50. The van der Waals surface area contributed by atoms with E-state index in [4.69, 9.17) is 0 Å². The Balaban J connectivity index is 2.77. The standard InChI is InChI=1S/C9H11BrF6O/c1-7(2)4(10)3-5(7)17-6(8(11,12)13)9(14,15)16/h4-6H,3H2,1-2H3. The number of hydrogen-bond acceptors (Lipinski definition) is 1. The van der Waals surface area contributed by atoms with Crippen LogP contribution >= 0.6 is 15.9 Å². The molecular weight excluding hydrogens is 318 g/mol. The third kappa shape index (κ3) is 3.07. The van der Waals surface area contributed by atoms with Crippen LogP contribution in [0.1, 0.15) is 20.3 Å². The average Bonchev–Trinajstić information content (AvgIpc) is 2.07. The molecule has 0 N–H and O–H groups in total. The molecule has 8 heteroatoms. The molecule has 102 valence electrons. The van der Waals surface area contributed by atoms with Crippen molar-refractivity contribution in [3.05, 3.63) is 0 Å². The summed E-state index contributed by atoms with van der Waals surface area (Å²) in [6, 6.07) is 0. The van der Waals surface area contributed by atoms with Crippen molar-refractivity contribution in [1.82, 2.24) is 0 Å². The molecule has 1 fully saturated rings. The zero-order valence-corrected chi connectivity index (χ0v) is 10.6. The maximum atomic E-state index is 12.2. The van der Waals surface area contributed by atoms with Crippen LogP contribution in [0.3, 0.4) is 0 Å². The smallest absolute Gasteiger partial charge is 0.357 e. The molecule has 0 amide bonds. The van der Waals surface area contributed by atoms with E-state index in [2.05, 4.69) is 20.7 Å². The lowest BCUT2D eigenvalue weighted by molar-refractivity contribution is -0.343. The number of alkyl halides is 7. The third-order valence-corrected chi connectivity index (χ3v) is 4.51. The lowest BCUT2D eigenvalue weighted by Crippen LogP contribution is -2.57. The highest BCUT2D eigenvalue weighted by atomic mass is 79.9. The van der Waals surface area contributed by atoms with Gasteiger partial charge in [-0.2, -0.15) is 26.3 Å².